The van der Waals surface area contributed by atoms with Gasteiger partial charge in [0.25, 0.3) is 0 Å². The molecule has 1 rings (SSSR count). The lowest BCUT2D eigenvalue weighted by Crippen LogP contribution is -2.19. The van der Waals surface area contributed by atoms with E-state index in [-0.39, 0.29) is 5.54 Å². The highest BCUT2D eigenvalue weighted by molar-refractivity contribution is 5.03. The molecule has 0 bridgehead atoms. The van der Waals surface area contributed by atoms with Crippen LogP contribution in [0.25, 0.3) is 0 Å². The van der Waals surface area contributed by atoms with Crippen molar-refractivity contribution in [3.63, 3.8) is 0 Å². The van der Waals surface area contributed by atoms with E-state index in [1.54, 1.807) is 0 Å². The lowest BCUT2D eigenvalue weighted by Gasteiger charge is -2.19. The molecular formula is C10H18N2. The minimum Gasteiger partial charge on any atom is -0.332 e. The van der Waals surface area contributed by atoms with Crippen molar-refractivity contribution >= 4 is 0 Å². The number of hydrogen-bond acceptors (Lipinski definition) is 1. The Morgan fingerprint density at radius 3 is 2.17 bits per heavy atom. The van der Waals surface area contributed by atoms with Crippen molar-refractivity contribution in [2.75, 3.05) is 0 Å². The van der Waals surface area contributed by atoms with E-state index >= 15 is 0 Å². The standard InChI is InChI=1S/C10H18N2/c1-8(2)9-6-12(7-11-9)10(3,4)5/h6-8H,1-5H3. The SMILES string of the molecule is CC(C)c1cn(C(C)(C)C)cn1. The van der Waals surface area contributed by atoms with E-state index in [1.807, 2.05) is 6.33 Å². The Kier molecular flexibility index (Phi) is 2.27. The van der Waals surface area contributed by atoms with Crippen molar-refractivity contribution in [2.24, 2.45) is 0 Å². The summed E-state index contributed by atoms with van der Waals surface area (Å²) in [5.41, 5.74) is 1.32. The largest absolute Gasteiger partial charge is 0.332 e. The molecular weight excluding hydrogens is 148 g/mol. The summed E-state index contributed by atoms with van der Waals surface area (Å²) in [6.07, 6.45) is 4.04. The zero-order valence-electron chi connectivity index (χ0n) is 8.63. The predicted octanol–water partition coefficient (Wildman–Crippen LogP) is 2.76. The molecule has 12 heavy (non-hydrogen) atoms. The first-order valence-electron chi connectivity index (χ1n) is 4.45. The normalized spacial score (nSPS) is 12.5. The minimum atomic E-state index is 0.153. The minimum absolute atomic E-state index is 0.153. The molecule has 0 saturated carbocycles. The van der Waals surface area contributed by atoms with Gasteiger partial charge in [0.15, 0.2) is 0 Å². The van der Waals surface area contributed by atoms with Gasteiger partial charge in [0.05, 0.1) is 12.0 Å². The third kappa shape index (κ3) is 1.87. The van der Waals surface area contributed by atoms with Gasteiger partial charge in [-0.2, -0.15) is 0 Å². The van der Waals surface area contributed by atoms with Gasteiger partial charge < -0.3 is 4.57 Å². The summed E-state index contributed by atoms with van der Waals surface area (Å²) in [7, 11) is 0. The molecule has 1 aromatic heterocycles. The molecule has 0 unspecified atom stereocenters. The Hall–Kier alpha value is -0.790. The van der Waals surface area contributed by atoms with Crippen LogP contribution in [0.2, 0.25) is 0 Å². The predicted molar refractivity (Wildman–Crippen MR) is 51.3 cm³/mol. The molecule has 0 atom stereocenters. The van der Waals surface area contributed by atoms with Crippen molar-refractivity contribution in [1.29, 1.82) is 0 Å². The van der Waals surface area contributed by atoms with Gasteiger partial charge in [0, 0.05) is 11.7 Å². The van der Waals surface area contributed by atoms with E-state index in [1.165, 1.54) is 5.69 Å². The highest BCUT2D eigenvalue weighted by Gasteiger charge is 2.13. The van der Waals surface area contributed by atoms with Crippen LogP contribution in [0.5, 0.6) is 0 Å². The summed E-state index contributed by atoms with van der Waals surface area (Å²) in [6.45, 7) is 10.9. The van der Waals surface area contributed by atoms with Gasteiger partial charge >= 0.3 is 0 Å². The number of hydrogen-bond donors (Lipinski definition) is 0. The second-order valence-electron chi connectivity index (χ2n) is 4.53. The smallest absolute Gasteiger partial charge is 0.0954 e. The second-order valence-corrected chi connectivity index (χ2v) is 4.53. The third-order valence-electron chi connectivity index (χ3n) is 1.97. The Labute approximate surface area is 74.6 Å². The van der Waals surface area contributed by atoms with Crippen molar-refractivity contribution in [1.82, 2.24) is 9.55 Å². The van der Waals surface area contributed by atoms with Crippen LogP contribution in [0.4, 0.5) is 0 Å². The second kappa shape index (κ2) is 2.92. The highest BCUT2D eigenvalue weighted by atomic mass is 15.1. The lowest BCUT2D eigenvalue weighted by atomic mass is 10.1. The maximum Gasteiger partial charge on any atom is 0.0954 e. The fourth-order valence-corrected chi connectivity index (χ4v) is 1.00. The van der Waals surface area contributed by atoms with Crippen molar-refractivity contribution in [3.05, 3.63) is 18.2 Å². The summed E-state index contributed by atoms with van der Waals surface area (Å²) >= 11 is 0. The molecule has 1 heterocycles. The average Bonchev–Trinajstić information content (AvgIpc) is 2.30. The van der Waals surface area contributed by atoms with Crippen LogP contribution in [0, 0.1) is 0 Å². The topological polar surface area (TPSA) is 17.8 Å². The van der Waals surface area contributed by atoms with E-state index in [0.717, 1.165) is 0 Å². The van der Waals surface area contributed by atoms with Crippen LogP contribution >= 0.6 is 0 Å². The first-order chi connectivity index (χ1) is 5.41. The van der Waals surface area contributed by atoms with Crippen LogP contribution < -0.4 is 0 Å². The van der Waals surface area contributed by atoms with Gasteiger partial charge in [0.2, 0.25) is 0 Å². The van der Waals surface area contributed by atoms with Gasteiger partial charge in [-0.25, -0.2) is 4.98 Å². The molecule has 0 spiro atoms. The maximum atomic E-state index is 4.35. The highest BCUT2D eigenvalue weighted by Crippen LogP contribution is 2.17. The number of rotatable bonds is 1. The van der Waals surface area contributed by atoms with Crippen LogP contribution in [-0.4, -0.2) is 9.55 Å². The quantitative estimate of drug-likeness (QED) is 0.627. The van der Waals surface area contributed by atoms with Gasteiger partial charge in [-0.15, -0.1) is 0 Å². The molecule has 0 N–H and O–H groups in total. The molecule has 68 valence electrons. The molecule has 2 heteroatoms. The molecule has 0 radical (unpaired) electrons. The summed E-state index contributed by atoms with van der Waals surface area (Å²) < 4.78 is 2.16. The first kappa shape index (κ1) is 9.30. The monoisotopic (exact) mass is 166 g/mol. The summed E-state index contributed by atoms with van der Waals surface area (Å²) in [6, 6.07) is 0. The summed E-state index contributed by atoms with van der Waals surface area (Å²) in [5, 5.41) is 0. The maximum absolute atomic E-state index is 4.35. The molecule has 2 nitrogen and oxygen atoms in total. The average molecular weight is 166 g/mol. The van der Waals surface area contributed by atoms with Crippen LogP contribution in [-0.2, 0) is 5.54 Å². The Morgan fingerprint density at radius 2 is 1.92 bits per heavy atom. The zero-order chi connectivity index (χ0) is 9.35. The van der Waals surface area contributed by atoms with E-state index in [9.17, 15) is 0 Å². The summed E-state index contributed by atoms with van der Waals surface area (Å²) in [4.78, 5) is 4.35. The van der Waals surface area contributed by atoms with E-state index in [2.05, 4.69) is 50.4 Å². The van der Waals surface area contributed by atoms with Crippen molar-refractivity contribution in [2.45, 2.75) is 46.1 Å². The van der Waals surface area contributed by atoms with E-state index in [0.29, 0.717) is 5.92 Å². The van der Waals surface area contributed by atoms with Crippen LogP contribution in [0.15, 0.2) is 12.5 Å². The van der Waals surface area contributed by atoms with Gasteiger partial charge in [-0.1, -0.05) is 13.8 Å². The van der Waals surface area contributed by atoms with Gasteiger partial charge in [-0.3, -0.25) is 0 Å². The molecule has 0 saturated heterocycles. The third-order valence-corrected chi connectivity index (χ3v) is 1.97. The molecule has 0 fully saturated rings. The zero-order valence-corrected chi connectivity index (χ0v) is 8.63. The Morgan fingerprint density at radius 1 is 1.33 bits per heavy atom. The number of imidazole rings is 1. The van der Waals surface area contributed by atoms with Gasteiger partial charge in [0.1, 0.15) is 0 Å². The molecule has 0 aliphatic carbocycles. The lowest BCUT2D eigenvalue weighted by molar-refractivity contribution is 0.396. The van der Waals surface area contributed by atoms with E-state index < -0.39 is 0 Å². The molecule has 0 amide bonds. The Bertz CT molecular complexity index is 253. The molecule has 1 aromatic rings. The van der Waals surface area contributed by atoms with E-state index in [4.69, 9.17) is 0 Å². The molecule has 0 aliphatic heterocycles. The number of nitrogens with zero attached hydrogens (tertiary/aromatic N) is 2. The fraction of sp³-hybridized carbons (Fsp3) is 0.700. The first-order valence-corrected chi connectivity index (χ1v) is 4.45. The summed E-state index contributed by atoms with van der Waals surface area (Å²) in [5.74, 6) is 0.522. The van der Waals surface area contributed by atoms with Crippen molar-refractivity contribution in [3.8, 4) is 0 Å². The number of aromatic nitrogens is 2. The van der Waals surface area contributed by atoms with Crippen LogP contribution in [0.1, 0.15) is 46.2 Å². The molecule has 0 aliphatic rings. The van der Waals surface area contributed by atoms with Gasteiger partial charge in [-0.05, 0) is 26.7 Å². The van der Waals surface area contributed by atoms with Crippen molar-refractivity contribution < 1.29 is 0 Å². The van der Waals surface area contributed by atoms with Crippen LogP contribution in [0.3, 0.4) is 0 Å². The molecule has 0 aromatic carbocycles. The Balaban J connectivity index is 2.92. The fourth-order valence-electron chi connectivity index (χ4n) is 1.00.